The molecule has 9 nitrogen and oxygen atoms in total. The number of aryl methyl sites for hydroxylation is 2. The van der Waals surface area contributed by atoms with Crippen molar-refractivity contribution in [1.82, 2.24) is 19.2 Å². The minimum Gasteiger partial charge on any atom is -0.383 e. The highest BCUT2D eigenvalue weighted by Crippen LogP contribution is 2.40. The fourth-order valence-corrected chi connectivity index (χ4v) is 6.18. The van der Waals surface area contributed by atoms with Crippen molar-refractivity contribution in [3.05, 3.63) is 28.4 Å². The summed E-state index contributed by atoms with van der Waals surface area (Å²) in [6.45, 7) is 6.06. The van der Waals surface area contributed by atoms with Crippen LogP contribution in [0.5, 0.6) is 0 Å². The Morgan fingerprint density at radius 1 is 1.32 bits per heavy atom. The van der Waals surface area contributed by atoms with Gasteiger partial charge in [-0.05, 0) is 26.7 Å². The summed E-state index contributed by atoms with van der Waals surface area (Å²) < 4.78 is 46.3. The predicted octanol–water partition coefficient (Wildman–Crippen LogP) is 1.73. The van der Waals surface area contributed by atoms with Gasteiger partial charge in [-0.3, -0.25) is 4.68 Å². The number of nitrogens with zero attached hydrogens (tertiary/aromatic N) is 4. The first-order valence-corrected chi connectivity index (χ1v) is 11.0. The molecule has 1 atom stereocenters. The van der Waals surface area contributed by atoms with Gasteiger partial charge in [0.2, 0.25) is 10.0 Å². The van der Waals surface area contributed by atoms with Gasteiger partial charge in [-0.25, -0.2) is 8.42 Å². The van der Waals surface area contributed by atoms with Gasteiger partial charge in [0.15, 0.2) is 5.76 Å². The number of aromatic nitrogens is 3. The third kappa shape index (κ3) is 3.18. The van der Waals surface area contributed by atoms with Crippen LogP contribution in [0.2, 0.25) is 0 Å². The lowest BCUT2D eigenvalue weighted by Gasteiger charge is -2.24. The second kappa shape index (κ2) is 7.58. The first-order chi connectivity index (χ1) is 13.4. The van der Waals surface area contributed by atoms with Crippen LogP contribution in [0.15, 0.2) is 9.42 Å². The number of sulfonamides is 1. The topological polar surface area (TPSA) is 99.7 Å². The Morgan fingerprint density at radius 3 is 2.86 bits per heavy atom. The zero-order chi connectivity index (χ0) is 19.9. The molecule has 0 bridgehead atoms. The Balaban J connectivity index is 1.74. The molecule has 10 heteroatoms. The van der Waals surface area contributed by atoms with E-state index in [0.717, 1.165) is 36.2 Å². The number of ether oxygens (including phenoxy) is 2. The Bertz CT molecular complexity index is 946. The smallest absolute Gasteiger partial charge is 0.249 e. The molecule has 0 aliphatic carbocycles. The van der Waals surface area contributed by atoms with Gasteiger partial charge in [-0.1, -0.05) is 5.16 Å². The van der Waals surface area contributed by atoms with E-state index in [9.17, 15) is 8.42 Å². The van der Waals surface area contributed by atoms with E-state index in [4.69, 9.17) is 19.1 Å². The third-order valence-corrected chi connectivity index (χ3v) is 7.64. The van der Waals surface area contributed by atoms with E-state index < -0.39 is 10.0 Å². The van der Waals surface area contributed by atoms with E-state index in [-0.39, 0.29) is 10.9 Å². The summed E-state index contributed by atoms with van der Waals surface area (Å²) in [5.74, 6) is 0.319. The summed E-state index contributed by atoms with van der Waals surface area (Å²) in [5.41, 5.74) is 3.34. The Morgan fingerprint density at radius 2 is 2.14 bits per heavy atom. The molecule has 4 heterocycles. The minimum atomic E-state index is -3.73. The van der Waals surface area contributed by atoms with Crippen LogP contribution in [-0.4, -0.2) is 54.5 Å². The van der Waals surface area contributed by atoms with Gasteiger partial charge >= 0.3 is 0 Å². The average Bonchev–Trinajstić information content (AvgIpc) is 3.37. The SMILES string of the molecule is COCCn1nc(C2CCCN2S(=O)(=O)c2c(C)noc2C)c2c1CCOC2. The van der Waals surface area contributed by atoms with Crippen molar-refractivity contribution in [2.45, 2.75) is 57.2 Å². The summed E-state index contributed by atoms with van der Waals surface area (Å²) in [6, 6.07) is -0.307. The first-order valence-electron chi connectivity index (χ1n) is 9.55. The van der Waals surface area contributed by atoms with E-state index in [1.54, 1.807) is 25.3 Å². The molecule has 2 aromatic heterocycles. The molecule has 2 aliphatic heterocycles. The molecule has 1 fully saturated rings. The fourth-order valence-electron chi connectivity index (χ4n) is 4.23. The molecule has 1 saturated heterocycles. The van der Waals surface area contributed by atoms with Crippen molar-refractivity contribution in [1.29, 1.82) is 0 Å². The van der Waals surface area contributed by atoms with E-state index in [2.05, 4.69) is 5.16 Å². The van der Waals surface area contributed by atoms with Gasteiger partial charge in [-0.15, -0.1) is 0 Å². The highest BCUT2D eigenvalue weighted by molar-refractivity contribution is 7.89. The largest absolute Gasteiger partial charge is 0.383 e. The van der Waals surface area contributed by atoms with Crippen molar-refractivity contribution in [3.63, 3.8) is 0 Å². The summed E-state index contributed by atoms with van der Waals surface area (Å²) >= 11 is 0. The molecule has 28 heavy (non-hydrogen) atoms. The van der Waals surface area contributed by atoms with Crippen LogP contribution in [0, 0.1) is 13.8 Å². The lowest BCUT2D eigenvalue weighted by molar-refractivity contribution is 0.106. The zero-order valence-corrected chi connectivity index (χ0v) is 17.3. The Kier molecular flexibility index (Phi) is 5.30. The van der Waals surface area contributed by atoms with Crippen molar-refractivity contribution >= 4 is 10.0 Å². The fraction of sp³-hybridized carbons (Fsp3) is 0.667. The lowest BCUT2D eigenvalue weighted by Crippen LogP contribution is -2.32. The van der Waals surface area contributed by atoms with Crippen molar-refractivity contribution in [2.75, 3.05) is 26.9 Å². The van der Waals surface area contributed by atoms with Crippen LogP contribution < -0.4 is 0 Å². The van der Waals surface area contributed by atoms with Gasteiger partial charge in [0, 0.05) is 31.3 Å². The van der Waals surface area contributed by atoms with E-state index in [1.165, 1.54) is 0 Å². The first kappa shape index (κ1) is 19.6. The van der Waals surface area contributed by atoms with Crippen molar-refractivity contribution < 1.29 is 22.4 Å². The van der Waals surface area contributed by atoms with Gasteiger partial charge in [0.25, 0.3) is 0 Å². The monoisotopic (exact) mass is 410 g/mol. The maximum atomic E-state index is 13.4. The van der Waals surface area contributed by atoms with Crippen molar-refractivity contribution in [2.24, 2.45) is 0 Å². The quantitative estimate of drug-likeness (QED) is 0.715. The molecular formula is C18H26N4O5S. The van der Waals surface area contributed by atoms with E-state index in [1.807, 2.05) is 4.68 Å². The molecule has 1 unspecified atom stereocenters. The Labute approximate surface area is 164 Å². The molecule has 0 spiro atoms. The predicted molar refractivity (Wildman–Crippen MR) is 99.3 cm³/mol. The van der Waals surface area contributed by atoms with Crippen LogP contribution in [0.4, 0.5) is 0 Å². The number of rotatable bonds is 6. The van der Waals surface area contributed by atoms with Crippen LogP contribution in [0.1, 0.15) is 47.3 Å². The lowest BCUT2D eigenvalue weighted by atomic mass is 10.0. The molecule has 0 saturated carbocycles. The standard InChI is InChI=1S/C18H26N4O5S/c1-12-18(13(2)27-20-12)28(23,24)22-7-4-5-16(22)17-14-11-26-9-6-15(14)21(19-17)8-10-25-3/h16H,4-11H2,1-3H3. The van der Waals surface area contributed by atoms with E-state index >= 15 is 0 Å². The third-order valence-electron chi connectivity index (χ3n) is 5.49. The number of hydrogen-bond donors (Lipinski definition) is 0. The number of fused-ring (bicyclic) bond motifs is 1. The van der Waals surface area contributed by atoms with Crippen LogP contribution >= 0.6 is 0 Å². The summed E-state index contributed by atoms with van der Waals surface area (Å²) in [5, 5.41) is 8.64. The maximum Gasteiger partial charge on any atom is 0.249 e. The summed E-state index contributed by atoms with van der Waals surface area (Å²) in [4.78, 5) is 0.170. The summed E-state index contributed by atoms with van der Waals surface area (Å²) in [7, 11) is -2.06. The zero-order valence-electron chi connectivity index (χ0n) is 16.5. The van der Waals surface area contributed by atoms with Gasteiger partial charge in [-0.2, -0.15) is 9.40 Å². The van der Waals surface area contributed by atoms with Crippen LogP contribution in [0.3, 0.4) is 0 Å². The Hall–Kier alpha value is -1.75. The second-order valence-corrected chi connectivity index (χ2v) is 9.08. The van der Waals surface area contributed by atoms with Crippen LogP contribution in [0.25, 0.3) is 0 Å². The van der Waals surface area contributed by atoms with E-state index in [0.29, 0.717) is 44.4 Å². The molecule has 0 N–H and O–H groups in total. The second-order valence-electron chi connectivity index (χ2n) is 7.26. The molecule has 0 aromatic carbocycles. The molecule has 0 radical (unpaired) electrons. The average molecular weight is 410 g/mol. The highest BCUT2D eigenvalue weighted by Gasteiger charge is 2.42. The molecule has 154 valence electrons. The molecule has 0 amide bonds. The van der Waals surface area contributed by atoms with Crippen LogP contribution in [-0.2, 0) is 39.1 Å². The number of methoxy groups -OCH3 is 1. The maximum absolute atomic E-state index is 13.4. The molecule has 2 aromatic rings. The molecular weight excluding hydrogens is 384 g/mol. The molecule has 4 rings (SSSR count). The van der Waals surface area contributed by atoms with Gasteiger partial charge in [0.05, 0.1) is 38.1 Å². The van der Waals surface area contributed by atoms with Gasteiger partial charge in [0.1, 0.15) is 10.6 Å². The van der Waals surface area contributed by atoms with Crippen molar-refractivity contribution in [3.8, 4) is 0 Å². The normalized spacial score (nSPS) is 20.6. The van der Waals surface area contributed by atoms with Gasteiger partial charge < -0.3 is 14.0 Å². The number of hydrogen-bond acceptors (Lipinski definition) is 7. The minimum absolute atomic E-state index is 0.170. The molecule has 2 aliphatic rings. The summed E-state index contributed by atoms with van der Waals surface area (Å²) in [6.07, 6.45) is 2.29. The highest BCUT2D eigenvalue weighted by atomic mass is 32.2.